The molecule has 3 aromatic rings. The Bertz CT molecular complexity index is 1210. The molecular formula is C24H25FN4O4S. The summed E-state index contributed by atoms with van der Waals surface area (Å²) in [6.07, 6.45) is 3.30. The molecule has 3 rings (SSSR count). The van der Waals surface area contributed by atoms with Crippen molar-refractivity contribution in [2.75, 3.05) is 6.54 Å². The highest BCUT2D eigenvalue weighted by atomic mass is 32.2. The van der Waals surface area contributed by atoms with Gasteiger partial charge in [-0.05, 0) is 41.8 Å². The Kier molecular flexibility index (Phi) is 8.83. The van der Waals surface area contributed by atoms with E-state index in [2.05, 4.69) is 20.3 Å². The number of rotatable bonds is 11. The molecule has 0 spiro atoms. The molecule has 178 valence electrons. The van der Waals surface area contributed by atoms with Gasteiger partial charge in [0.15, 0.2) is 0 Å². The Labute approximate surface area is 197 Å². The predicted octanol–water partition coefficient (Wildman–Crippen LogP) is 1.93. The summed E-state index contributed by atoms with van der Waals surface area (Å²) >= 11 is 0. The number of nitrogens with one attached hydrogen (secondary N) is 3. The van der Waals surface area contributed by atoms with Crippen LogP contribution in [0.4, 0.5) is 4.39 Å². The van der Waals surface area contributed by atoms with Gasteiger partial charge in [-0.2, -0.15) is 4.72 Å². The van der Waals surface area contributed by atoms with Gasteiger partial charge in [0.2, 0.25) is 21.8 Å². The SMILES string of the molecule is O=C(CCNC(=O)C(Cc1ccccc1)NS(=O)(=O)c1ccccc1F)NCc1ccncc1. The number of benzene rings is 2. The van der Waals surface area contributed by atoms with Crippen LogP contribution in [0.15, 0.2) is 84.0 Å². The lowest BCUT2D eigenvalue weighted by atomic mass is 10.1. The molecule has 0 aliphatic heterocycles. The third-order valence-electron chi connectivity index (χ3n) is 4.91. The van der Waals surface area contributed by atoms with Crippen LogP contribution in [0.5, 0.6) is 0 Å². The summed E-state index contributed by atoms with van der Waals surface area (Å²) in [4.78, 5) is 28.3. The summed E-state index contributed by atoms with van der Waals surface area (Å²) in [6.45, 7) is 0.335. The molecule has 8 nitrogen and oxygen atoms in total. The van der Waals surface area contributed by atoms with Crippen LogP contribution in [0.25, 0.3) is 0 Å². The first-order valence-electron chi connectivity index (χ1n) is 10.6. The highest BCUT2D eigenvalue weighted by Crippen LogP contribution is 2.15. The lowest BCUT2D eigenvalue weighted by Gasteiger charge is -2.19. The molecule has 1 unspecified atom stereocenters. The Morgan fingerprint density at radius 3 is 2.26 bits per heavy atom. The molecule has 0 saturated carbocycles. The van der Waals surface area contributed by atoms with Gasteiger partial charge in [0.1, 0.15) is 16.8 Å². The number of nitrogens with zero attached hydrogens (tertiary/aromatic N) is 1. The smallest absolute Gasteiger partial charge is 0.244 e. The van der Waals surface area contributed by atoms with Crippen LogP contribution in [0.1, 0.15) is 17.5 Å². The van der Waals surface area contributed by atoms with E-state index in [1.807, 2.05) is 0 Å². The quantitative estimate of drug-likeness (QED) is 0.385. The van der Waals surface area contributed by atoms with E-state index >= 15 is 0 Å². The second-order valence-corrected chi connectivity index (χ2v) is 9.15. The van der Waals surface area contributed by atoms with Crippen molar-refractivity contribution in [2.45, 2.75) is 30.3 Å². The van der Waals surface area contributed by atoms with E-state index in [1.54, 1.807) is 54.9 Å². The third kappa shape index (κ3) is 7.46. The molecule has 0 aliphatic rings. The number of carbonyl (C=O) groups is 2. The molecule has 2 amide bonds. The number of sulfonamides is 1. The van der Waals surface area contributed by atoms with Crippen LogP contribution in [0.3, 0.4) is 0 Å². The van der Waals surface area contributed by atoms with Gasteiger partial charge in [0, 0.05) is 31.9 Å². The van der Waals surface area contributed by atoms with Gasteiger partial charge in [0.25, 0.3) is 0 Å². The Balaban J connectivity index is 1.61. The van der Waals surface area contributed by atoms with Crippen LogP contribution in [0.2, 0.25) is 0 Å². The molecule has 3 N–H and O–H groups in total. The fraction of sp³-hybridized carbons (Fsp3) is 0.208. The fourth-order valence-corrected chi connectivity index (χ4v) is 4.44. The van der Waals surface area contributed by atoms with Gasteiger partial charge in [0.05, 0.1) is 0 Å². The monoisotopic (exact) mass is 484 g/mol. The Morgan fingerprint density at radius 2 is 1.56 bits per heavy atom. The molecule has 0 aliphatic carbocycles. The lowest BCUT2D eigenvalue weighted by Crippen LogP contribution is -2.48. The number of hydrogen-bond donors (Lipinski definition) is 3. The lowest BCUT2D eigenvalue weighted by molar-refractivity contribution is -0.123. The predicted molar refractivity (Wildman–Crippen MR) is 124 cm³/mol. The normalized spacial score (nSPS) is 12.0. The van der Waals surface area contributed by atoms with E-state index < -0.39 is 32.7 Å². The first-order valence-corrected chi connectivity index (χ1v) is 12.1. The molecule has 1 atom stereocenters. The number of pyridine rings is 1. The van der Waals surface area contributed by atoms with Crippen molar-refractivity contribution < 1.29 is 22.4 Å². The number of halogens is 1. The van der Waals surface area contributed by atoms with Gasteiger partial charge in [-0.15, -0.1) is 0 Å². The number of amides is 2. The van der Waals surface area contributed by atoms with Gasteiger partial charge < -0.3 is 10.6 Å². The number of aromatic nitrogens is 1. The third-order valence-corrected chi connectivity index (χ3v) is 6.42. The minimum atomic E-state index is -4.31. The van der Waals surface area contributed by atoms with Gasteiger partial charge in [-0.1, -0.05) is 42.5 Å². The van der Waals surface area contributed by atoms with E-state index in [0.717, 1.165) is 17.7 Å². The van der Waals surface area contributed by atoms with E-state index in [-0.39, 0.29) is 25.3 Å². The van der Waals surface area contributed by atoms with Crippen molar-refractivity contribution in [3.63, 3.8) is 0 Å². The van der Waals surface area contributed by atoms with Crippen LogP contribution in [-0.2, 0) is 32.6 Å². The average molecular weight is 485 g/mol. The van der Waals surface area contributed by atoms with Crippen LogP contribution >= 0.6 is 0 Å². The zero-order chi connectivity index (χ0) is 24.4. The number of carbonyl (C=O) groups excluding carboxylic acids is 2. The molecule has 0 radical (unpaired) electrons. The molecular weight excluding hydrogens is 459 g/mol. The highest BCUT2D eigenvalue weighted by molar-refractivity contribution is 7.89. The molecule has 0 fully saturated rings. The maximum atomic E-state index is 14.1. The van der Waals surface area contributed by atoms with Crippen LogP contribution in [0, 0.1) is 5.82 Å². The zero-order valence-electron chi connectivity index (χ0n) is 18.3. The topological polar surface area (TPSA) is 117 Å². The van der Waals surface area contributed by atoms with Crippen molar-refractivity contribution in [1.82, 2.24) is 20.3 Å². The van der Waals surface area contributed by atoms with Gasteiger partial charge >= 0.3 is 0 Å². The average Bonchev–Trinajstić information content (AvgIpc) is 2.83. The highest BCUT2D eigenvalue weighted by Gasteiger charge is 2.27. The van der Waals surface area contributed by atoms with Crippen molar-refractivity contribution in [3.05, 3.63) is 96.1 Å². The fourth-order valence-electron chi connectivity index (χ4n) is 3.16. The minimum Gasteiger partial charge on any atom is -0.354 e. The molecule has 10 heteroatoms. The van der Waals surface area contributed by atoms with E-state index in [9.17, 15) is 22.4 Å². The number of hydrogen-bond acceptors (Lipinski definition) is 5. The largest absolute Gasteiger partial charge is 0.354 e. The second kappa shape index (κ2) is 12.0. The maximum Gasteiger partial charge on any atom is 0.244 e. The summed E-state index contributed by atoms with van der Waals surface area (Å²) in [5, 5.41) is 5.33. The van der Waals surface area contributed by atoms with E-state index in [1.165, 1.54) is 12.1 Å². The van der Waals surface area contributed by atoms with Crippen molar-refractivity contribution >= 4 is 21.8 Å². The van der Waals surface area contributed by atoms with Crippen molar-refractivity contribution in [2.24, 2.45) is 0 Å². The summed E-state index contributed by atoms with van der Waals surface area (Å²) in [7, 11) is -4.31. The Hall–Kier alpha value is -3.63. The molecule has 0 saturated heterocycles. The molecule has 0 bridgehead atoms. The minimum absolute atomic E-state index is 0.00767. The first kappa shape index (κ1) is 25.0. The van der Waals surface area contributed by atoms with Gasteiger partial charge in [-0.3, -0.25) is 14.6 Å². The molecule has 1 aromatic heterocycles. The summed E-state index contributed by atoms with van der Waals surface area (Å²) in [5.41, 5.74) is 1.60. The van der Waals surface area contributed by atoms with Crippen molar-refractivity contribution in [3.8, 4) is 0 Å². The molecule has 34 heavy (non-hydrogen) atoms. The summed E-state index contributed by atoms with van der Waals surface area (Å²) < 4.78 is 41.9. The maximum absolute atomic E-state index is 14.1. The molecule has 2 aromatic carbocycles. The zero-order valence-corrected chi connectivity index (χ0v) is 19.1. The van der Waals surface area contributed by atoms with Crippen LogP contribution < -0.4 is 15.4 Å². The van der Waals surface area contributed by atoms with E-state index in [0.29, 0.717) is 12.1 Å². The summed E-state index contributed by atoms with van der Waals surface area (Å²) in [5.74, 6) is -1.81. The Morgan fingerprint density at radius 1 is 0.882 bits per heavy atom. The van der Waals surface area contributed by atoms with Crippen molar-refractivity contribution in [1.29, 1.82) is 0 Å². The first-order chi connectivity index (χ1) is 16.3. The van der Waals surface area contributed by atoms with E-state index in [4.69, 9.17) is 0 Å². The second-order valence-electron chi connectivity index (χ2n) is 7.47. The van der Waals surface area contributed by atoms with Gasteiger partial charge in [-0.25, -0.2) is 12.8 Å². The van der Waals surface area contributed by atoms with Crippen LogP contribution in [-0.4, -0.2) is 37.8 Å². The summed E-state index contributed by atoms with van der Waals surface area (Å²) in [6, 6.07) is 16.1. The molecule has 1 heterocycles. The standard InChI is InChI=1S/C24H25FN4O4S/c25-20-8-4-5-9-22(20)34(32,33)29-21(16-18-6-2-1-3-7-18)24(31)27-15-12-23(30)28-17-19-10-13-26-14-11-19/h1-11,13-14,21,29H,12,15-17H2,(H,27,31)(H,28,30).